The van der Waals surface area contributed by atoms with Gasteiger partial charge in [0.15, 0.2) is 5.52 Å². The average Bonchev–Trinajstić information content (AvgIpc) is 3.31. The molecule has 36 heavy (non-hydrogen) atoms. The van der Waals surface area contributed by atoms with Gasteiger partial charge in [0, 0.05) is 43.8 Å². The standard InChI is InChI=1S/C23H20F3N7O3/c24-23(25,26)17-6-7-19(20(12-17)33(35)36)30-10-8-29(9-11-30)15-32-22(34)21-16(13-27-32)14-31(28-21)18-4-2-1-3-5-18/h1-7,12-14H,8-11,15H2. The summed E-state index contributed by atoms with van der Waals surface area (Å²) in [5.41, 5.74) is -0.762. The molecule has 0 radical (unpaired) electrons. The van der Waals surface area contributed by atoms with Crippen molar-refractivity contribution in [3.8, 4) is 5.69 Å². The van der Waals surface area contributed by atoms with Crippen LogP contribution in [0.5, 0.6) is 0 Å². The summed E-state index contributed by atoms with van der Waals surface area (Å²) in [7, 11) is 0. The molecule has 0 N–H and O–H groups in total. The third kappa shape index (κ3) is 4.52. The second-order valence-electron chi connectivity index (χ2n) is 8.37. The number of nitro groups is 1. The first-order chi connectivity index (χ1) is 17.2. The molecule has 3 heterocycles. The lowest BCUT2D eigenvalue weighted by Crippen LogP contribution is -2.48. The predicted octanol–water partition coefficient (Wildman–Crippen LogP) is 3.29. The minimum absolute atomic E-state index is 0.135. The molecule has 2 aromatic carbocycles. The Hall–Kier alpha value is -4.26. The topological polar surface area (TPSA) is 102 Å². The highest BCUT2D eigenvalue weighted by Gasteiger charge is 2.34. The summed E-state index contributed by atoms with van der Waals surface area (Å²) in [4.78, 5) is 27.2. The SMILES string of the molecule is O=c1c2nn(-c3ccccc3)cc2cnn1CN1CCN(c2ccc(C(F)(F)F)cc2[N+](=O)[O-])CC1. The second kappa shape index (κ2) is 9.07. The lowest BCUT2D eigenvalue weighted by atomic mass is 10.1. The summed E-state index contributed by atoms with van der Waals surface area (Å²) in [6.45, 7) is 1.74. The molecule has 10 nitrogen and oxygen atoms in total. The maximum Gasteiger partial charge on any atom is 0.416 e. The molecule has 5 rings (SSSR count). The number of para-hydroxylation sites is 1. The van der Waals surface area contributed by atoms with Crippen LogP contribution in [-0.4, -0.2) is 55.6 Å². The van der Waals surface area contributed by atoms with E-state index in [0.29, 0.717) is 37.6 Å². The van der Waals surface area contributed by atoms with Gasteiger partial charge in [-0.25, -0.2) is 9.36 Å². The smallest absolute Gasteiger partial charge is 0.363 e. The molecule has 1 aliphatic rings. The van der Waals surface area contributed by atoms with Crippen molar-refractivity contribution in [2.75, 3.05) is 31.1 Å². The fraction of sp³-hybridized carbons (Fsp3) is 0.261. The molecule has 0 saturated carbocycles. The van der Waals surface area contributed by atoms with Gasteiger partial charge in [-0.3, -0.25) is 19.8 Å². The Labute approximate surface area is 201 Å². The van der Waals surface area contributed by atoms with E-state index < -0.39 is 22.4 Å². The second-order valence-corrected chi connectivity index (χ2v) is 8.37. The number of nitro benzene ring substituents is 1. The highest BCUT2D eigenvalue weighted by molar-refractivity contribution is 5.76. The van der Waals surface area contributed by atoms with E-state index in [0.717, 1.165) is 17.8 Å². The molecule has 4 aromatic rings. The predicted molar refractivity (Wildman–Crippen MR) is 125 cm³/mol. The number of hydrogen-bond donors (Lipinski definition) is 0. The first-order valence-electron chi connectivity index (χ1n) is 11.0. The van der Waals surface area contributed by atoms with Crippen LogP contribution in [0.3, 0.4) is 0 Å². The number of fused-ring (bicyclic) bond motifs is 1. The van der Waals surface area contributed by atoms with Crippen LogP contribution in [0.15, 0.2) is 65.7 Å². The van der Waals surface area contributed by atoms with Crippen LogP contribution in [0.25, 0.3) is 16.6 Å². The molecule has 186 valence electrons. The van der Waals surface area contributed by atoms with Gasteiger partial charge in [-0.15, -0.1) is 0 Å². The van der Waals surface area contributed by atoms with Crippen molar-refractivity contribution < 1.29 is 18.1 Å². The molecule has 0 bridgehead atoms. The Morgan fingerprint density at radius 3 is 2.42 bits per heavy atom. The molecule has 1 saturated heterocycles. The third-order valence-corrected chi connectivity index (χ3v) is 6.08. The number of nitrogens with zero attached hydrogens (tertiary/aromatic N) is 7. The van der Waals surface area contributed by atoms with Crippen LogP contribution in [0, 0.1) is 10.1 Å². The van der Waals surface area contributed by atoms with E-state index in [1.165, 1.54) is 4.68 Å². The van der Waals surface area contributed by atoms with Gasteiger partial charge in [0.1, 0.15) is 5.69 Å². The van der Waals surface area contributed by atoms with E-state index in [2.05, 4.69) is 10.2 Å². The van der Waals surface area contributed by atoms with Gasteiger partial charge in [-0.2, -0.15) is 23.4 Å². The normalized spacial score (nSPS) is 14.9. The van der Waals surface area contributed by atoms with Crippen molar-refractivity contribution in [1.29, 1.82) is 0 Å². The molecule has 0 spiro atoms. The van der Waals surface area contributed by atoms with Gasteiger partial charge >= 0.3 is 6.18 Å². The Bertz CT molecular complexity index is 1480. The maximum absolute atomic E-state index is 13.0. The van der Waals surface area contributed by atoms with E-state index in [9.17, 15) is 28.1 Å². The minimum Gasteiger partial charge on any atom is -0.363 e. The summed E-state index contributed by atoms with van der Waals surface area (Å²) in [5.74, 6) is 0. The van der Waals surface area contributed by atoms with Crippen LogP contribution in [0.4, 0.5) is 24.5 Å². The first kappa shape index (κ1) is 23.5. The largest absolute Gasteiger partial charge is 0.416 e. The van der Waals surface area contributed by atoms with E-state index >= 15 is 0 Å². The molecule has 0 aliphatic carbocycles. The van der Waals surface area contributed by atoms with Gasteiger partial charge in [-0.1, -0.05) is 18.2 Å². The van der Waals surface area contributed by atoms with E-state index in [4.69, 9.17) is 0 Å². The summed E-state index contributed by atoms with van der Waals surface area (Å²) >= 11 is 0. The number of alkyl halides is 3. The number of anilines is 1. The lowest BCUT2D eigenvalue weighted by Gasteiger charge is -2.35. The number of aromatic nitrogens is 4. The van der Waals surface area contributed by atoms with Gasteiger partial charge < -0.3 is 4.90 Å². The zero-order chi connectivity index (χ0) is 25.4. The van der Waals surface area contributed by atoms with Crippen molar-refractivity contribution in [2.24, 2.45) is 0 Å². The van der Waals surface area contributed by atoms with Gasteiger partial charge in [0.2, 0.25) is 0 Å². The highest BCUT2D eigenvalue weighted by Crippen LogP contribution is 2.36. The summed E-state index contributed by atoms with van der Waals surface area (Å²) in [5, 5.41) is 20.7. The first-order valence-corrected chi connectivity index (χ1v) is 11.0. The number of rotatable bonds is 5. The zero-order valence-corrected chi connectivity index (χ0v) is 18.8. The van der Waals surface area contributed by atoms with Gasteiger partial charge in [0.25, 0.3) is 11.2 Å². The van der Waals surface area contributed by atoms with Crippen molar-refractivity contribution in [3.05, 3.63) is 87.0 Å². The third-order valence-electron chi connectivity index (χ3n) is 6.08. The summed E-state index contributed by atoms with van der Waals surface area (Å²) < 4.78 is 41.9. The van der Waals surface area contributed by atoms with Crippen molar-refractivity contribution in [3.63, 3.8) is 0 Å². The van der Waals surface area contributed by atoms with Crippen molar-refractivity contribution in [2.45, 2.75) is 12.8 Å². The number of halogens is 3. The van der Waals surface area contributed by atoms with Crippen molar-refractivity contribution in [1.82, 2.24) is 24.5 Å². The van der Waals surface area contributed by atoms with Crippen molar-refractivity contribution >= 4 is 22.3 Å². The number of hydrogen-bond acceptors (Lipinski definition) is 7. The zero-order valence-electron chi connectivity index (χ0n) is 18.8. The summed E-state index contributed by atoms with van der Waals surface area (Å²) in [6.07, 6.45) is -1.36. The van der Waals surface area contributed by atoms with Crippen LogP contribution in [0.1, 0.15) is 5.56 Å². The van der Waals surface area contributed by atoms with E-state index in [-0.39, 0.29) is 23.4 Å². The summed E-state index contributed by atoms with van der Waals surface area (Å²) in [6, 6.07) is 11.9. The monoisotopic (exact) mass is 499 g/mol. The molecule has 0 unspecified atom stereocenters. The lowest BCUT2D eigenvalue weighted by molar-refractivity contribution is -0.384. The number of piperazine rings is 1. The Kier molecular flexibility index (Phi) is 5.92. The Balaban J connectivity index is 1.31. The molecule has 1 fully saturated rings. The van der Waals surface area contributed by atoms with Crippen LogP contribution in [0.2, 0.25) is 0 Å². The fourth-order valence-corrected chi connectivity index (χ4v) is 4.20. The van der Waals surface area contributed by atoms with Crippen LogP contribution < -0.4 is 10.5 Å². The molecule has 0 amide bonds. The number of benzene rings is 2. The average molecular weight is 499 g/mol. The molecular weight excluding hydrogens is 479 g/mol. The minimum atomic E-state index is -4.67. The highest BCUT2D eigenvalue weighted by atomic mass is 19.4. The van der Waals surface area contributed by atoms with Gasteiger partial charge in [0.05, 0.1) is 29.0 Å². The van der Waals surface area contributed by atoms with E-state index in [1.54, 1.807) is 22.0 Å². The van der Waals surface area contributed by atoms with Crippen LogP contribution >= 0.6 is 0 Å². The molecule has 13 heteroatoms. The quantitative estimate of drug-likeness (QED) is 0.307. The van der Waals surface area contributed by atoms with E-state index in [1.807, 2.05) is 35.2 Å². The maximum atomic E-state index is 13.0. The molecule has 2 aromatic heterocycles. The molecule has 1 aliphatic heterocycles. The Morgan fingerprint density at radius 2 is 1.75 bits per heavy atom. The fourth-order valence-electron chi connectivity index (χ4n) is 4.20. The molecule has 0 atom stereocenters. The van der Waals surface area contributed by atoms with Gasteiger partial charge in [-0.05, 0) is 24.3 Å². The molecular formula is C23H20F3N7O3. The van der Waals surface area contributed by atoms with Crippen LogP contribution in [-0.2, 0) is 12.8 Å². The Morgan fingerprint density at radius 1 is 1.03 bits per heavy atom.